The number of carboxylic acid groups (broad SMARTS) is 1. The predicted octanol–water partition coefficient (Wildman–Crippen LogP) is -1.08. The molecule has 0 saturated carbocycles. The number of carbonyl (C=O) groups excluding carboxylic acids is 1. The van der Waals surface area contributed by atoms with Gasteiger partial charge in [0.1, 0.15) is 6.04 Å². The largest absolute Gasteiger partial charge is 0.480 e. The molecule has 0 fully saturated rings. The second kappa shape index (κ2) is 3.92. The summed E-state index contributed by atoms with van der Waals surface area (Å²) in [7, 11) is 0. The lowest BCUT2D eigenvalue weighted by atomic mass is 10.1. The van der Waals surface area contributed by atoms with E-state index < -0.39 is 24.0 Å². The molecule has 64 valence electrons. The Kier molecular flexibility index (Phi) is 3.53. The van der Waals surface area contributed by atoms with Crippen LogP contribution < -0.4 is 11.1 Å². The van der Waals surface area contributed by atoms with E-state index in [2.05, 4.69) is 5.32 Å². The fraction of sp³-hybridized carbons (Fsp3) is 0.667. The number of carbonyl (C=O) groups is 2. The van der Waals surface area contributed by atoms with Crippen molar-refractivity contribution < 1.29 is 14.7 Å². The van der Waals surface area contributed by atoms with E-state index in [0.717, 1.165) is 0 Å². The summed E-state index contributed by atoms with van der Waals surface area (Å²) < 4.78 is 0. The van der Waals surface area contributed by atoms with Crippen LogP contribution in [-0.4, -0.2) is 29.1 Å². The van der Waals surface area contributed by atoms with Crippen LogP contribution in [0.1, 0.15) is 13.8 Å². The van der Waals surface area contributed by atoms with Crippen molar-refractivity contribution in [3.05, 3.63) is 0 Å². The van der Waals surface area contributed by atoms with Gasteiger partial charge in [-0.1, -0.05) is 0 Å². The van der Waals surface area contributed by atoms with Crippen LogP contribution in [0.5, 0.6) is 0 Å². The average molecular weight is 160 g/mol. The van der Waals surface area contributed by atoms with Crippen LogP contribution >= 0.6 is 0 Å². The third-order valence-corrected chi connectivity index (χ3v) is 1.15. The Bertz CT molecular complexity index is 167. The average Bonchev–Trinajstić information content (AvgIpc) is 1.81. The minimum atomic E-state index is -1.12. The summed E-state index contributed by atoms with van der Waals surface area (Å²) >= 11 is 0. The Morgan fingerprint density at radius 2 is 2.00 bits per heavy atom. The molecule has 1 amide bonds. The highest BCUT2D eigenvalue weighted by atomic mass is 16.4. The summed E-state index contributed by atoms with van der Waals surface area (Å²) in [4.78, 5) is 20.8. The zero-order valence-corrected chi connectivity index (χ0v) is 6.50. The monoisotopic (exact) mass is 160 g/mol. The third-order valence-electron chi connectivity index (χ3n) is 1.15. The van der Waals surface area contributed by atoms with Gasteiger partial charge in [-0.2, -0.15) is 0 Å². The zero-order chi connectivity index (χ0) is 9.02. The Morgan fingerprint density at radius 3 is 2.09 bits per heavy atom. The number of rotatable bonds is 3. The van der Waals surface area contributed by atoms with Crippen LogP contribution in [0.15, 0.2) is 0 Å². The van der Waals surface area contributed by atoms with Gasteiger partial charge in [0.15, 0.2) is 0 Å². The van der Waals surface area contributed by atoms with Crippen LogP contribution in [0.25, 0.3) is 0 Å². The molecule has 0 heterocycles. The molecule has 0 aromatic heterocycles. The summed E-state index contributed by atoms with van der Waals surface area (Å²) in [6.45, 7) is 2.77. The van der Waals surface area contributed by atoms with Crippen LogP contribution in [0.3, 0.4) is 0 Å². The first-order valence-electron chi connectivity index (χ1n) is 3.20. The second-order valence-corrected chi connectivity index (χ2v) is 2.38. The van der Waals surface area contributed by atoms with Gasteiger partial charge in [-0.05, 0) is 6.92 Å². The minimum Gasteiger partial charge on any atom is -0.480 e. The third kappa shape index (κ3) is 3.57. The number of amides is 1. The molecule has 0 rings (SSSR count). The first kappa shape index (κ1) is 9.90. The highest BCUT2D eigenvalue weighted by Crippen LogP contribution is 1.89. The van der Waals surface area contributed by atoms with E-state index in [4.69, 9.17) is 10.8 Å². The molecule has 11 heavy (non-hydrogen) atoms. The van der Waals surface area contributed by atoms with Crippen molar-refractivity contribution >= 4 is 11.9 Å². The van der Waals surface area contributed by atoms with Crippen molar-refractivity contribution in [1.82, 2.24) is 5.32 Å². The van der Waals surface area contributed by atoms with Crippen molar-refractivity contribution in [3.8, 4) is 0 Å². The minimum absolute atomic E-state index is 0.394. The Labute approximate surface area is 64.6 Å². The van der Waals surface area contributed by atoms with E-state index in [1.54, 1.807) is 0 Å². The van der Waals surface area contributed by atoms with E-state index in [1.807, 2.05) is 0 Å². The smallest absolute Gasteiger partial charge is 0.327 e. The molecule has 5 nitrogen and oxygen atoms in total. The molecule has 0 spiro atoms. The predicted molar refractivity (Wildman–Crippen MR) is 38.9 cm³/mol. The highest BCUT2D eigenvalue weighted by molar-refractivity contribution is 5.82. The molecular formula is C6H12N2O3. The van der Waals surface area contributed by atoms with Crippen LogP contribution in [0, 0.1) is 0 Å². The van der Waals surface area contributed by atoms with Gasteiger partial charge in [0, 0.05) is 13.0 Å². The molecule has 0 aliphatic carbocycles. The summed E-state index contributed by atoms with van der Waals surface area (Å²) in [6, 6.07) is -1.58. The van der Waals surface area contributed by atoms with E-state index in [9.17, 15) is 9.59 Å². The van der Waals surface area contributed by atoms with E-state index in [-0.39, 0.29) is 0 Å². The van der Waals surface area contributed by atoms with Gasteiger partial charge in [0.05, 0.1) is 0 Å². The molecule has 0 radical (unpaired) electrons. The van der Waals surface area contributed by atoms with Crippen LogP contribution in [0.2, 0.25) is 0 Å². The number of hydrogen-bond donors (Lipinski definition) is 3. The molecule has 0 aliphatic heterocycles. The lowest BCUT2D eigenvalue weighted by Crippen LogP contribution is -2.50. The molecule has 0 aliphatic rings. The van der Waals surface area contributed by atoms with Crippen molar-refractivity contribution in [3.63, 3.8) is 0 Å². The maximum Gasteiger partial charge on any atom is 0.327 e. The van der Waals surface area contributed by atoms with Gasteiger partial charge in [0.25, 0.3) is 0 Å². The zero-order valence-electron chi connectivity index (χ0n) is 6.50. The van der Waals surface area contributed by atoms with Gasteiger partial charge < -0.3 is 16.2 Å². The first-order chi connectivity index (χ1) is 4.95. The molecule has 0 aromatic carbocycles. The van der Waals surface area contributed by atoms with E-state index >= 15 is 0 Å². The number of nitrogens with one attached hydrogen (secondary N) is 1. The number of hydrogen-bond acceptors (Lipinski definition) is 3. The Morgan fingerprint density at radius 1 is 1.55 bits per heavy atom. The summed E-state index contributed by atoms with van der Waals surface area (Å²) in [5.74, 6) is -1.51. The fourth-order valence-electron chi connectivity index (χ4n) is 0.637. The Balaban J connectivity index is 4.12. The lowest BCUT2D eigenvalue weighted by Gasteiger charge is -2.16. The van der Waals surface area contributed by atoms with Gasteiger partial charge in [-0.15, -0.1) is 0 Å². The second-order valence-electron chi connectivity index (χ2n) is 2.38. The normalized spacial score (nSPS) is 15.2. The molecule has 0 unspecified atom stereocenters. The number of carboxylic acids is 1. The molecule has 2 atom stereocenters. The van der Waals surface area contributed by atoms with Crippen LogP contribution in [0.4, 0.5) is 0 Å². The number of nitrogens with two attached hydrogens (primary N) is 1. The molecule has 0 saturated heterocycles. The van der Waals surface area contributed by atoms with Crippen molar-refractivity contribution in [2.75, 3.05) is 0 Å². The topological polar surface area (TPSA) is 92.4 Å². The molecule has 0 aromatic rings. The first-order valence-corrected chi connectivity index (χ1v) is 3.20. The molecular weight excluding hydrogens is 148 g/mol. The van der Waals surface area contributed by atoms with E-state index in [0.29, 0.717) is 0 Å². The lowest BCUT2D eigenvalue weighted by molar-refractivity contribution is -0.142. The Hall–Kier alpha value is -1.10. The molecule has 4 N–H and O–H groups in total. The maximum absolute atomic E-state index is 10.4. The summed E-state index contributed by atoms with van der Waals surface area (Å²) in [5.41, 5.74) is 5.29. The maximum atomic E-state index is 10.4. The molecule has 0 bridgehead atoms. The number of aliphatic carboxylic acids is 1. The molecule has 5 heteroatoms. The summed E-state index contributed by atoms with van der Waals surface area (Å²) in [6.07, 6.45) is 0. The summed E-state index contributed by atoms with van der Waals surface area (Å²) in [5, 5.41) is 10.7. The van der Waals surface area contributed by atoms with Crippen LogP contribution in [-0.2, 0) is 9.59 Å². The van der Waals surface area contributed by atoms with Gasteiger partial charge in [-0.25, -0.2) is 4.79 Å². The van der Waals surface area contributed by atoms with Crippen molar-refractivity contribution in [1.29, 1.82) is 0 Å². The highest BCUT2D eigenvalue weighted by Gasteiger charge is 2.21. The fourth-order valence-corrected chi connectivity index (χ4v) is 0.637. The SMILES string of the molecule is CC(=O)N[C@@H](C(=O)O)[C@H](C)N. The standard InChI is InChI=1S/C6H12N2O3/c1-3(7)5(6(10)11)8-4(2)9/h3,5H,7H2,1-2H3,(H,8,9)(H,10,11)/t3-,5+/m0/s1. The van der Waals surface area contributed by atoms with Crippen molar-refractivity contribution in [2.45, 2.75) is 25.9 Å². The quantitative estimate of drug-likeness (QED) is 0.489. The van der Waals surface area contributed by atoms with Gasteiger partial charge in [0.2, 0.25) is 5.91 Å². The van der Waals surface area contributed by atoms with E-state index in [1.165, 1.54) is 13.8 Å². The van der Waals surface area contributed by atoms with Gasteiger partial charge in [-0.3, -0.25) is 4.79 Å². The van der Waals surface area contributed by atoms with Gasteiger partial charge >= 0.3 is 5.97 Å². The van der Waals surface area contributed by atoms with Crippen molar-refractivity contribution in [2.24, 2.45) is 5.73 Å².